The SMILES string of the molecule is C/C=C/Cn1c(=O)n(C/C=C/C)c(=O)n(CCOCCn2c(=O)n(C/C=C/C)c(=O)n(C/C=C/C)c2=O)c1=O. The number of rotatable bonds is 14. The highest BCUT2D eigenvalue weighted by molar-refractivity contribution is 4.89. The Morgan fingerprint density at radius 3 is 0.897 bits per heavy atom. The van der Waals surface area contributed by atoms with Crippen molar-refractivity contribution in [2.45, 2.75) is 67.0 Å². The van der Waals surface area contributed by atoms with E-state index in [9.17, 15) is 28.8 Å². The smallest absolute Gasteiger partial charge is 0.336 e. The van der Waals surface area contributed by atoms with Gasteiger partial charge in [-0.25, -0.2) is 56.2 Å². The molecule has 0 spiro atoms. The highest BCUT2D eigenvalue weighted by Gasteiger charge is 2.16. The van der Waals surface area contributed by atoms with Gasteiger partial charge in [-0.3, -0.25) is 0 Å². The molecule has 0 aliphatic heterocycles. The molecule has 0 aliphatic carbocycles. The molecule has 39 heavy (non-hydrogen) atoms. The zero-order chi connectivity index (χ0) is 28.9. The van der Waals surface area contributed by atoms with Gasteiger partial charge in [0.15, 0.2) is 0 Å². The molecular formula is C26H36N6O7. The predicted molar refractivity (Wildman–Crippen MR) is 149 cm³/mol. The van der Waals surface area contributed by atoms with Crippen LogP contribution in [0.2, 0.25) is 0 Å². The van der Waals surface area contributed by atoms with E-state index in [0.29, 0.717) is 0 Å². The molecule has 2 heterocycles. The first-order valence-electron chi connectivity index (χ1n) is 12.7. The van der Waals surface area contributed by atoms with Crippen LogP contribution < -0.4 is 34.1 Å². The lowest BCUT2D eigenvalue weighted by atomic mass is 10.5. The fraction of sp³-hybridized carbons (Fsp3) is 0.462. The zero-order valence-electron chi connectivity index (χ0n) is 22.8. The third-order valence-corrected chi connectivity index (χ3v) is 5.78. The Hall–Kier alpha value is -4.26. The maximum atomic E-state index is 12.9. The Morgan fingerprint density at radius 2 is 0.667 bits per heavy atom. The van der Waals surface area contributed by atoms with Gasteiger partial charge in [-0.15, -0.1) is 0 Å². The highest BCUT2D eigenvalue weighted by atomic mass is 16.5. The quantitative estimate of drug-likeness (QED) is 0.234. The van der Waals surface area contributed by atoms with Crippen molar-refractivity contribution in [3.63, 3.8) is 0 Å². The van der Waals surface area contributed by atoms with Gasteiger partial charge >= 0.3 is 34.1 Å². The summed E-state index contributed by atoms with van der Waals surface area (Å²) in [5.74, 6) is 0. The molecule has 13 heteroatoms. The largest absolute Gasteiger partial charge is 0.378 e. The Bertz CT molecular complexity index is 1380. The van der Waals surface area contributed by atoms with Crippen molar-refractivity contribution in [2.75, 3.05) is 13.2 Å². The predicted octanol–water partition coefficient (Wildman–Crippen LogP) is -0.322. The second-order valence-corrected chi connectivity index (χ2v) is 8.33. The monoisotopic (exact) mass is 544 g/mol. The molecular weight excluding hydrogens is 508 g/mol. The van der Waals surface area contributed by atoms with Crippen molar-refractivity contribution < 1.29 is 4.74 Å². The van der Waals surface area contributed by atoms with Crippen molar-refractivity contribution in [2.24, 2.45) is 0 Å². The van der Waals surface area contributed by atoms with E-state index in [4.69, 9.17) is 4.74 Å². The summed E-state index contributed by atoms with van der Waals surface area (Å²) in [6.07, 6.45) is 13.3. The van der Waals surface area contributed by atoms with Crippen LogP contribution in [0.4, 0.5) is 0 Å². The summed E-state index contributed by atoms with van der Waals surface area (Å²) in [4.78, 5) is 76.9. The fourth-order valence-corrected chi connectivity index (χ4v) is 3.63. The lowest BCUT2D eigenvalue weighted by molar-refractivity contribution is 0.113. The Balaban J connectivity index is 2.30. The minimum Gasteiger partial charge on any atom is -0.378 e. The van der Waals surface area contributed by atoms with Gasteiger partial charge < -0.3 is 4.74 Å². The van der Waals surface area contributed by atoms with E-state index in [-0.39, 0.29) is 52.5 Å². The van der Waals surface area contributed by atoms with E-state index in [1.807, 2.05) is 0 Å². The molecule has 0 bridgehead atoms. The summed E-state index contributed by atoms with van der Waals surface area (Å²) >= 11 is 0. The van der Waals surface area contributed by atoms with Crippen LogP contribution in [-0.2, 0) is 44.0 Å². The topological polar surface area (TPSA) is 141 Å². The zero-order valence-corrected chi connectivity index (χ0v) is 22.8. The van der Waals surface area contributed by atoms with Gasteiger partial charge in [0.2, 0.25) is 0 Å². The van der Waals surface area contributed by atoms with Crippen molar-refractivity contribution in [1.29, 1.82) is 0 Å². The summed E-state index contributed by atoms with van der Waals surface area (Å²) < 4.78 is 11.3. The van der Waals surface area contributed by atoms with Crippen LogP contribution in [0.1, 0.15) is 27.7 Å². The Kier molecular flexibility index (Phi) is 12.1. The maximum Gasteiger partial charge on any atom is 0.336 e. The van der Waals surface area contributed by atoms with Crippen LogP contribution in [0, 0.1) is 0 Å². The Labute approximate surface area is 224 Å². The molecule has 0 aromatic carbocycles. The van der Waals surface area contributed by atoms with Crippen molar-refractivity contribution in [1.82, 2.24) is 27.4 Å². The number of ether oxygens (including phenoxy) is 1. The van der Waals surface area contributed by atoms with Gasteiger partial charge in [0.1, 0.15) is 0 Å². The number of allylic oxidation sites excluding steroid dienone is 8. The average Bonchev–Trinajstić information content (AvgIpc) is 2.91. The molecule has 0 unspecified atom stereocenters. The van der Waals surface area contributed by atoms with Gasteiger partial charge in [0.25, 0.3) is 0 Å². The molecule has 0 atom stereocenters. The number of nitrogens with zero attached hydrogens (tertiary/aromatic N) is 6. The van der Waals surface area contributed by atoms with Gasteiger partial charge in [0.05, 0.1) is 52.5 Å². The molecule has 0 fully saturated rings. The third kappa shape index (κ3) is 7.41. The molecule has 0 saturated carbocycles. The van der Waals surface area contributed by atoms with Crippen molar-refractivity contribution in [3.8, 4) is 0 Å². The number of hydrogen-bond acceptors (Lipinski definition) is 7. The van der Waals surface area contributed by atoms with E-state index in [2.05, 4.69) is 0 Å². The summed E-state index contributed by atoms with van der Waals surface area (Å²) in [5.41, 5.74) is -4.46. The minimum absolute atomic E-state index is 0.0104. The van der Waals surface area contributed by atoms with Crippen LogP contribution in [0.3, 0.4) is 0 Å². The van der Waals surface area contributed by atoms with Gasteiger partial charge in [-0.05, 0) is 27.7 Å². The second kappa shape index (κ2) is 15.2. The highest BCUT2D eigenvalue weighted by Crippen LogP contribution is 1.86. The van der Waals surface area contributed by atoms with E-state index in [1.165, 1.54) is 0 Å². The lowest BCUT2D eigenvalue weighted by Crippen LogP contribution is -2.55. The third-order valence-electron chi connectivity index (χ3n) is 5.78. The second-order valence-electron chi connectivity index (χ2n) is 8.33. The Morgan fingerprint density at radius 1 is 0.436 bits per heavy atom. The number of aromatic nitrogens is 6. The average molecular weight is 545 g/mol. The van der Waals surface area contributed by atoms with Crippen molar-refractivity contribution >= 4 is 0 Å². The molecule has 2 aromatic heterocycles. The van der Waals surface area contributed by atoms with Crippen LogP contribution >= 0.6 is 0 Å². The molecule has 0 aliphatic rings. The molecule has 2 aromatic rings. The van der Waals surface area contributed by atoms with Crippen LogP contribution in [0.25, 0.3) is 0 Å². The summed E-state index contributed by atoms with van der Waals surface area (Å²) in [7, 11) is 0. The first-order valence-corrected chi connectivity index (χ1v) is 12.7. The lowest BCUT2D eigenvalue weighted by Gasteiger charge is -2.14. The van der Waals surface area contributed by atoms with Gasteiger partial charge in [-0.2, -0.15) is 0 Å². The van der Waals surface area contributed by atoms with Crippen LogP contribution in [0.15, 0.2) is 77.4 Å². The van der Waals surface area contributed by atoms with E-state index in [1.54, 1.807) is 76.3 Å². The van der Waals surface area contributed by atoms with E-state index < -0.39 is 34.1 Å². The van der Waals surface area contributed by atoms with Gasteiger partial charge in [-0.1, -0.05) is 48.6 Å². The molecule has 0 N–H and O–H groups in total. The summed E-state index contributed by atoms with van der Waals surface area (Å²) in [6, 6.07) is 0. The van der Waals surface area contributed by atoms with Gasteiger partial charge in [0, 0.05) is 0 Å². The van der Waals surface area contributed by atoms with Crippen LogP contribution in [0.5, 0.6) is 0 Å². The maximum absolute atomic E-state index is 12.9. The van der Waals surface area contributed by atoms with E-state index >= 15 is 0 Å². The number of hydrogen-bond donors (Lipinski definition) is 0. The first kappa shape index (κ1) is 31.0. The van der Waals surface area contributed by atoms with E-state index in [0.717, 1.165) is 27.4 Å². The fourth-order valence-electron chi connectivity index (χ4n) is 3.63. The molecule has 13 nitrogen and oxygen atoms in total. The standard InChI is InChI=1S/C26H36N6O7/c1-5-9-13-27-21(33)28(14-10-6-2)24(36)31(23(27)35)17-19-39-20-18-32-25(37)29(15-11-7-3)22(34)30(26(32)38)16-12-8-4/h5-12H,13-20H2,1-4H3/b9-5+,10-6+,11-7+,12-8+. The normalized spacial score (nSPS) is 12.2. The summed E-state index contributed by atoms with van der Waals surface area (Å²) in [5, 5.41) is 0. The molecule has 212 valence electrons. The molecule has 0 saturated heterocycles. The van der Waals surface area contributed by atoms with Crippen LogP contribution in [-0.4, -0.2) is 40.6 Å². The molecule has 2 rings (SSSR count). The first-order chi connectivity index (χ1) is 18.7. The molecule has 0 radical (unpaired) electrons. The minimum atomic E-state index is -0.762. The van der Waals surface area contributed by atoms with Crippen molar-refractivity contribution in [3.05, 3.63) is 112 Å². The molecule has 0 amide bonds. The summed E-state index contributed by atoms with van der Waals surface area (Å²) in [6.45, 7) is 6.55.